The number of rotatable bonds is 7. The molecule has 2 N–H and O–H groups in total. The summed E-state index contributed by atoms with van der Waals surface area (Å²) in [6, 6.07) is 8.82. The van der Waals surface area contributed by atoms with E-state index in [9.17, 15) is 0 Å². The molecule has 5 nitrogen and oxygen atoms in total. The Kier molecular flexibility index (Phi) is 6.71. The van der Waals surface area contributed by atoms with Crippen molar-refractivity contribution < 1.29 is 4.74 Å². The lowest BCUT2D eigenvalue weighted by Gasteiger charge is -2.25. The monoisotopic (exact) mass is 318 g/mol. The van der Waals surface area contributed by atoms with Crippen LogP contribution in [0.25, 0.3) is 0 Å². The van der Waals surface area contributed by atoms with Crippen LogP contribution < -0.4 is 15.4 Å². The van der Waals surface area contributed by atoms with Crippen LogP contribution >= 0.6 is 0 Å². The minimum atomic E-state index is 0.175. The van der Waals surface area contributed by atoms with Crippen LogP contribution in [0.3, 0.4) is 0 Å². The summed E-state index contributed by atoms with van der Waals surface area (Å²) in [5, 5.41) is 6.74. The van der Waals surface area contributed by atoms with Gasteiger partial charge in [-0.25, -0.2) is 0 Å². The molecule has 0 aliphatic carbocycles. The van der Waals surface area contributed by atoms with E-state index in [2.05, 4.69) is 53.4 Å². The van der Waals surface area contributed by atoms with Gasteiger partial charge in [-0.1, -0.05) is 25.1 Å². The Hall–Kier alpha value is -1.75. The first-order valence-electron chi connectivity index (χ1n) is 8.57. The number of likely N-dealkylation sites (N-methyl/N-ethyl adjacent to an activating group) is 1. The van der Waals surface area contributed by atoms with E-state index in [1.165, 1.54) is 5.56 Å². The third kappa shape index (κ3) is 5.13. The highest BCUT2D eigenvalue weighted by molar-refractivity contribution is 5.79. The molecule has 1 heterocycles. The van der Waals surface area contributed by atoms with Crippen molar-refractivity contribution in [1.29, 1.82) is 0 Å². The molecular formula is C18H30N4O. The molecule has 0 radical (unpaired) electrons. The van der Waals surface area contributed by atoms with E-state index in [0.29, 0.717) is 6.04 Å². The van der Waals surface area contributed by atoms with Crippen LogP contribution in [-0.2, 0) is 6.42 Å². The maximum Gasteiger partial charge on any atom is 0.191 e. The SMILES string of the molecule is CCN(CCNC(=NC)NCC1Cc2ccccc2O1)C(C)C. The molecule has 5 heteroatoms. The first kappa shape index (κ1) is 17.6. The Labute approximate surface area is 140 Å². The lowest BCUT2D eigenvalue weighted by Crippen LogP contribution is -2.45. The first-order chi connectivity index (χ1) is 11.1. The molecule has 0 fully saturated rings. The van der Waals surface area contributed by atoms with E-state index < -0.39 is 0 Å². The number of ether oxygens (including phenoxy) is 1. The molecule has 0 spiro atoms. The quantitative estimate of drug-likeness (QED) is 0.595. The van der Waals surface area contributed by atoms with E-state index in [0.717, 1.165) is 44.3 Å². The van der Waals surface area contributed by atoms with Gasteiger partial charge in [0.25, 0.3) is 0 Å². The van der Waals surface area contributed by atoms with Gasteiger partial charge >= 0.3 is 0 Å². The van der Waals surface area contributed by atoms with E-state index in [4.69, 9.17) is 4.74 Å². The predicted octanol–water partition coefficient (Wildman–Crippen LogP) is 1.89. The van der Waals surface area contributed by atoms with E-state index >= 15 is 0 Å². The third-order valence-electron chi connectivity index (χ3n) is 4.26. The number of nitrogens with zero attached hydrogens (tertiary/aromatic N) is 2. The topological polar surface area (TPSA) is 48.9 Å². The molecule has 0 saturated carbocycles. The summed E-state index contributed by atoms with van der Waals surface area (Å²) in [6.45, 7) is 10.4. The molecule has 1 atom stereocenters. The summed E-state index contributed by atoms with van der Waals surface area (Å²) in [5.41, 5.74) is 1.29. The largest absolute Gasteiger partial charge is 0.488 e. The molecule has 0 amide bonds. The Morgan fingerprint density at radius 1 is 1.35 bits per heavy atom. The average Bonchev–Trinajstić information content (AvgIpc) is 2.96. The van der Waals surface area contributed by atoms with E-state index in [1.54, 1.807) is 7.05 Å². The van der Waals surface area contributed by atoms with Gasteiger partial charge in [-0.3, -0.25) is 9.89 Å². The molecule has 0 aromatic heterocycles. The second-order valence-corrected chi connectivity index (χ2v) is 6.15. The Morgan fingerprint density at radius 2 is 2.13 bits per heavy atom. The molecule has 0 saturated heterocycles. The second kappa shape index (κ2) is 8.77. The number of fused-ring (bicyclic) bond motifs is 1. The molecule has 1 aliphatic rings. The number of benzene rings is 1. The van der Waals surface area contributed by atoms with Crippen molar-refractivity contribution in [3.8, 4) is 5.75 Å². The number of para-hydroxylation sites is 1. The van der Waals surface area contributed by atoms with Crippen LogP contribution in [0.5, 0.6) is 5.75 Å². The summed E-state index contributed by atoms with van der Waals surface area (Å²) in [4.78, 5) is 6.71. The van der Waals surface area contributed by atoms with Gasteiger partial charge < -0.3 is 15.4 Å². The van der Waals surface area contributed by atoms with Crippen molar-refractivity contribution in [3.05, 3.63) is 29.8 Å². The van der Waals surface area contributed by atoms with Gasteiger partial charge in [-0.2, -0.15) is 0 Å². The summed E-state index contributed by atoms with van der Waals surface area (Å²) in [6.07, 6.45) is 1.13. The van der Waals surface area contributed by atoms with Crippen LogP contribution in [0.2, 0.25) is 0 Å². The van der Waals surface area contributed by atoms with Crippen LogP contribution in [0, 0.1) is 0 Å². The van der Waals surface area contributed by atoms with Gasteiger partial charge in [0.1, 0.15) is 11.9 Å². The van der Waals surface area contributed by atoms with Gasteiger partial charge in [-0.15, -0.1) is 0 Å². The third-order valence-corrected chi connectivity index (χ3v) is 4.26. The van der Waals surface area contributed by atoms with Crippen LogP contribution in [0.15, 0.2) is 29.3 Å². The number of nitrogens with one attached hydrogen (secondary N) is 2. The van der Waals surface area contributed by atoms with Crippen molar-refractivity contribution in [2.24, 2.45) is 4.99 Å². The fourth-order valence-corrected chi connectivity index (χ4v) is 2.90. The Bertz CT molecular complexity index is 490. The van der Waals surface area contributed by atoms with Gasteiger partial charge in [0.15, 0.2) is 5.96 Å². The molecule has 128 valence electrons. The smallest absolute Gasteiger partial charge is 0.191 e. The number of hydrogen-bond acceptors (Lipinski definition) is 3. The summed E-state index contributed by atoms with van der Waals surface area (Å²) < 4.78 is 5.94. The molecule has 1 aliphatic heterocycles. The van der Waals surface area contributed by atoms with Gasteiger partial charge in [0, 0.05) is 32.6 Å². The van der Waals surface area contributed by atoms with Crippen molar-refractivity contribution >= 4 is 5.96 Å². The number of guanidine groups is 1. The Balaban J connectivity index is 1.70. The molecule has 0 bridgehead atoms. The predicted molar refractivity (Wildman–Crippen MR) is 96.3 cm³/mol. The molecule has 2 rings (SSSR count). The van der Waals surface area contributed by atoms with Crippen LogP contribution in [0.4, 0.5) is 0 Å². The summed E-state index contributed by atoms with van der Waals surface area (Å²) in [5.74, 6) is 1.85. The van der Waals surface area contributed by atoms with Crippen LogP contribution in [0.1, 0.15) is 26.3 Å². The minimum Gasteiger partial charge on any atom is -0.488 e. The summed E-state index contributed by atoms with van der Waals surface area (Å²) in [7, 11) is 1.81. The second-order valence-electron chi connectivity index (χ2n) is 6.15. The lowest BCUT2D eigenvalue weighted by molar-refractivity contribution is 0.232. The van der Waals surface area contributed by atoms with Gasteiger partial charge in [0.05, 0.1) is 6.54 Å². The zero-order valence-electron chi connectivity index (χ0n) is 14.8. The highest BCUT2D eigenvalue weighted by Gasteiger charge is 2.22. The average molecular weight is 318 g/mol. The zero-order valence-corrected chi connectivity index (χ0v) is 14.8. The van der Waals surface area contributed by atoms with Crippen LogP contribution in [-0.4, -0.2) is 56.2 Å². The summed E-state index contributed by atoms with van der Waals surface area (Å²) >= 11 is 0. The highest BCUT2D eigenvalue weighted by atomic mass is 16.5. The fraction of sp³-hybridized carbons (Fsp3) is 0.611. The molecule has 1 aromatic carbocycles. The maximum atomic E-state index is 5.94. The number of hydrogen-bond donors (Lipinski definition) is 2. The Morgan fingerprint density at radius 3 is 2.78 bits per heavy atom. The molecule has 23 heavy (non-hydrogen) atoms. The standard InChI is InChI=1S/C18H30N4O/c1-5-22(14(2)3)11-10-20-18(19-4)21-13-16-12-15-8-6-7-9-17(15)23-16/h6-9,14,16H,5,10-13H2,1-4H3,(H2,19,20,21). The lowest BCUT2D eigenvalue weighted by atomic mass is 10.1. The molecule has 1 unspecified atom stereocenters. The molecule has 1 aromatic rings. The van der Waals surface area contributed by atoms with Crippen molar-refractivity contribution in [1.82, 2.24) is 15.5 Å². The van der Waals surface area contributed by atoms with Gasteiger partial charge in [0.2, 0.25) is 0 Å². The maximum absolute atomic E-state index is 5.94. The normalized spacial score (nSPS) is 17.3. The fourth-order valence-electron chi connectivity index (χ4n) is 2.90. The first-order valence-corrected chi connectivity index (χ1v) is 8.57. The van der Waals surface area contributed by atoms with Gasteiger partial charge in [-0.05, 0) is 32.0 Å². The molecular weight excluding hydrogens is 288 g/mol. The van der Waals surface area contributed by atoms with Crippen molar-refractivity contribution in [2.45, 2.75) is 39.3 Å². The highest BCUT2D eigenvalue weighted by Crippen LogP contribution is 2.27. The van der Waals surface area contributed by atoms with Crippen molar-refractivity contribution in [3.63, 3.8) is 0 Å². The minimum absolute atomic E-state index is 0.175. The zero-order chi connectivity index (χ0) is 16.7. The van der Waals surface area contributed by atoms with E-state index in [1.807, 2.05) is 12.1 Å². The number of aliphatic imine (C=N–C) groups is 1. The van der Waals surface area contributed by atoms with E-state index in [-0.39, 0.29) is 6.10 Å². The van der Waals surface area contributed by atoms with Crippen molar-refractivity contribution in [2.75, 3.05) is 33.2 Å².